The molecule has 19 heavy (non-hydrogen) atoms. The molecule has 5 nitrogen and oxygen atoms in total. The van der Waals surface area contributed by atoms with Gasteiger partial charge in [0.05, 0.1) is 17.5 Å². The summed E-state index contributed by atoms with van der Waals surface area (Å²) in [5, 5.41) is 9.89. The summed E-state index contributed by atoms with van der Waals surface area (Å²) in [5.41, 5.74) is 1.77. The van der Waals surface area contributed by atoms with Gasteiger partial charge in [-0.05, 0) is 43.9 Å². The Morgan fingerprint density at radius 1 is 1.42 bits per heavy atom. The van der Waals surface area contributed by atoms with Crippen LogP contribution in [0.2, 0.25) is 0 Å². The molecule has 1 aromatic carbocycles. The number of aromatic hydroxyl groups is 1. The Hall–Kier alpha value is -1.27. The summed E-state index contributed by atoms with van der Waals surface area (Å²) in [6.07, 6.45) is 1.42. The number of phenolic OH excluding ortho intramolecular Hbond substituents is 1. The molecule has 1 aliphatic rings. The highest BCUT2D eigenvalue weighted by atomic mass is 32.2. The Labute approximate surface area is 113 Å². The lowest BCUT2D eigenvalue weighted by atomic mass is 10.1. The highest BCUT2D eigenvalue weighted by Gasteiger charge is 2.24. The first-order valence-corrected chi connectivity index (χ1v) is 7.95. The fraction of sp³-hybridized carbons (Fsp3) is 0.538. The van der Waals surface area contributed by atoms with Gasteiger partial charge in [0.25, 0.3) is 0 Å². The van der Waals surface area contributed by atoms with Crippen LogP contribution in [0.15, 0.2) is 12.1 Å². The number of phenols is 1. The number of hydrogen-bond acceptors (Lipinski definition) is 4. The highest BCUT2D eigenvalue weighted by molar-refractivity contribution is 7.92. The predicted octanol–water partition coefficient (Wildman–Crippen LogP) is 1.93. The molecule has 1 atom stereocenters. The Balaban J connectivity index is 2.15. The number of benzene rings is 1. The van der Waals surface area contributed by atoms with Crippen molar-refractivity contribution in [2.24, 2.45) is 0 Å². The van der Waals surface area contributed by atoms with Crippen LogP contribution in [0.3, 0.4) is 0 Å². The Morgan fingerprint density at radius 2 is 2.16 bits per heavy atom. The van der Waals surface area contributed by atoms with Crippen LogP contribution in [0, 0.1) is 13.8 Å². The van der Waals surface area contributed by atoms with Gasteiger partial charge in [0.15, 0.2) is 0 Å². The van der Waals surface area contributed by atoms with E-state index in [0.717, 1.165) is 18.4 Å². The lowest BCUT2D eigenvalue weighted by Crippen LogP contribution is -2.25. The first-order valence-electron chi connectivity index (χ1n) is 6.30. The normalized spacial score (nSPS) is 19.6. The molecule has 2 N–H and O–H groups in total. The molecule has 0 spiro atoms. The number of ether oxygens (including phenoxy) is 1. The SMILES string of the molecule is Cc1cc(C)c(O)c(NS(=O)(=O)CC2CCCO2)c1. The van der Waals surface area contributed by atoms with Crippen LogP contribution in [0.4, 0.5) is 5.69 Å². The molecule has 0 saturated carbocycles. The van der Waals surface area contributed by atoms with Gasteiger partial charge in [0, 0.05) is 6.61 Å². The van der Waals surface area contributed by atoms with Gasteiger partial charge in [0.2, 0.25) is 10.0 Å². The van der Waals surface area contributed by atoms with E-state index in [-0.39, 0.29) is 23.3 Å². The Kier molecular flexibility index (Phi) is 4.01. The van der Waals surface area contributed by atoms with Crippen molar-refractivity contribution >= 4 is 15.7 Å². The third-order valence-corrected chi connectivity index (χ3v) is 4.48. The van der Waals surface area contributed by atoms with Crippen molar-refractivity contribution in [1.82, 2.24) is 0 Å². The van der Waals surface area contributed by atoms with Crippen LogP contribution in [0.1, 0.15) is 24.0 Å². The molecular formula is C13H19NO4S. The van der Waals surface area contributed by atoms with Gasteiger partial charge >= 0.3 is 0 Å². The number of sulfonamides is 1. The van der Waals surface area contributed by atoms with E-state index in [1.807, 2.05) is 6.92 Å². The van der Waals surface area contributed by atoms with E-state index in [2.05, 4.69) is 4.72 Å². The zero-order valence-electron chi connectivity index (χ0n) is 11.1. The average molecular weight is 285 g/mol. The van der Waals surface area contributed by atoms with Gasteiger partial charge < -0.3 is 9.84 Å². The lowest BCUT2D eigenvalue weighted by Gasteiger charge is -2.14. The van der Waals surface area contributed by atoms with Crippen molar-refractivity contribution < 1.29 is 18.3 Å². The third-order valence-electron chi connectivity index (χ3n) is 3.14. The Morgan fingerprint density at radius 3 is 2.79 bits per heavy atom. The van der Waals surface area contributed by atoms with E-state index >= 15 is 0 Å². The van der Waals surface area contributed by atoms with Gasteiger partial charge in [-0.2, -0.15) is 0 Å². The van der Waals surface area contributed by atoms with E-state index in [9.17, 15) is 13.5 Å². The van der Waals surface area contributed by atoms with E-state index in [0.29, 0.717) is 12.2 Å². The van der Waals surface area contributed by atoms with Gasteiger partial charge in [-0.25, -0.2) is 8.42 Å². The van der Waals surface area contributed by atoms with Crippen LogP contribution in [0.25, 0.3) is 0 Å². The molecule has 1 saturated heterocycles. The fourth-order valence-corrected chi connectivity index (χ4v) is 3.59. The summed E-state index contributed by atoms with van der Waals surface area (Å²) in [5.74, 6) is -0.0964. The third kappa shape index (κ3) is 3.61. The summed E-state index contributed by atoms with van der Waals surface area (Å²) < 4.78 is 31.8. The lowest BCUT2D eigenvalue weighted by molar-refractivity contribution is 0.127. The standard InChI is InChI=1S/C13H19NO4S/c1-9-6-10(2)13(15)12(7-9)14-19(16,17)8-11-4-3-5-18-11/h6-7,11,14-15H,3-5,8H2,1-2H3. The first kappa shape index (κ1) is 14.1. The fourth-order valence-electron chi connectivity index (χ4n) is 2.27. The molecule has 1 aliphatic heterocycles. The van der Waals surface area contributed by atoms with E-state index < -0.39 is 10.0 Å². The maximum atomic E-state index is 12.0. The zero-order valence-corrected chi connectivity index (χ0v) is 12.0. The molecule has 106 valence electrons. The molecule has 0 radical (unpaired) electrons. The summed E-state index contributed by atoms with van der Waals surface area (Å²) in [6, 6.07) is 3.42. The van der Waals surface area contributed by atoms with E-state index in [1.165, 1.54) is 0 Å². The minimum Gasteiger partial charge on any atom is -0.505 e. The molecular weight excluding hydrogens is 266 g/mol. The highest BCUT2D eigenvalue weighted by Crippen LogP contribution is 2.29. The second-order valence-corrected chi connectivity index (χ2v) is 6.76. The second-order valence-electron chi connectivity index (χ2n) is 5.00. The molecule has 1 heterocycles. The molecule has 0 aliphatic carbocycles. The predicted molar refractivity (Wildman–Crippen MR) is 74.0 cm³/mol. The quantitative estimate of drug-likeness (QED) is 0.829. The van der Waals surface area contributed by atoms with Crippen molar-refractivity contribution in [2.45, 2.75) is 32.8 Å². The average Bonchev–Trinajstić information content (AvgIpc) is 2.76. The van der Waals surface area contributed by atoms with E-state index in [4.69, 9.17) is 4.74 Å². The minimum atomic E-state index is -3.51. The molecule has 1 fully saturated rings. The van der Waals surface area contributed by atoms with Crippen LogP contribution in [-0.4, -0.2) is 32.0 Å². The number of rotatable bonds is 4. The van der Waals surface area contributed by atoms with Crippen molar-refractivity contribution in [1.29, 1.82) is 0 Å². The van der Waals surface area contributed by atoms with Crippen molar-refractivity contribution in [3.05, 3.63) is 23.3 Å². The molecule has 6 heteroatoms. The summed E-state index contributed by atoms with van der Waals surface area (Å²) >= 11 is 0. The number of anilines is 1. The van der Waals surface area contributed by atoms with E-state index in [1.54, 1.807) is 19.1 Å². The molecule has 0 amide bonds. The van der Waals surface area contributed by atoms with Crippen LogP contribution < -0.4 is 4.72 Å². The zero-order chi connectivity index (χ0) is 14.0. The Bertz CT molecular complexity index is 562. The maximum absolute atomic E-state index is 12.0. The van der Waals surface area contributed by atoms with Crippen molar-refractivity contribution in [3.63, 3.8) is 0 Å². The van der Waals surface area contributed by atoms with Gasteiger partial charge in [-0.1, -0.05) is 6.07 Å². The monoisotopic (exact) mass is 285 g/mol. The number of hydrogen-bond donors (Lipinski definition) is 2. The van der Waals surface area contributed by atoms with Gasteiger partial charge in [0.1, 0.15) is 5.75 Å². The van der Waals surface area contributed by atoms with Crippen LogP contribution in [0.5, 0.6) is 5.75 Å². The molecule has 1 unspecified atom stereocenters. The minimum absolute atomic E-state index is 0.0264. The number of nitrogens with one attached hydrogen (secondary N) is 1. The number of aryl methyl sites for hydroxylation is 2. The van der Waals surface area contributed by atoms with Gasteiger partial charge in [-0.15, -0.1) is 0 Å². The molecule has 0 bridgehead atoms. The second kappa shape index (κ2) is 5.38. The topological polar surface area (TPSA) is 75.6 Å². The van der Waals surface area contributed by atoms with Crippen molar-refractivity contribution in [3.8, 4) is 5.75 Å². The molecule has 1 aromatic rings. The first-order chi connectivity index (χ1) is 8.87. The van der Waals surface area contributed by atoms with Crippen molar-refractivity contribution in [2.75, 3.05) is 17.1 Å². The van der Waals surface area contributed by atoms with Gasteiger partial charge in [-0.3, -0.25) is 4.72 Å². The van der Waals surface area contributed by atoms with Crippen LogP contribution in [-0.2, 0) is 14.8 Å². The summed E-state index contributed by atoms with van der Waals surface area (Å²) in [4.78, 5) is 0. The van der Waals surface area contributed by atoms with Crippen LogP contribution >= 0.6 is 0 Å². The largest absolute Gasteiger partial charge is 0.505 e. The smallest absolute Gasteiger partial charge is 0.235 e. The molecule has 0 aromatic heterocycles. The molecule has 2 rings (SSSR count). The summed E-state index contributed by atoms with van der Waals surface area (Å²) in [7, 11) is -3.51. The maximum Gasteiger partial charge on any atom is 0.235 e. The summed E-state index contributed by atoms with van der Waals surface area (Å²) in [6.45, 7) is 4.21.